The second-order valence-electron chi connectivity index (χ2n) is 5.39. The van der Waals surface area contributed by atoms with Crippen molar-refractivity contribution in [2.45, 2.75) is 23.7 Å². The Kier molecular flexibility index (Phi) is 5.16. The Balaban J connectivity index is 1.44. The number of rotatable bonds is 6. The molecule has 1 N–H and O–H groups in total. The van der Waals surface area contributed by atoms with Crippen molar-refractivity contribution in [3.8, 4) is 0 Å². The number of anilines is 1. The Bertz CT molecular complexity index is 543. The van der Waals surface area contributed by atoms with Crippen LogP contribution < -0.4 is 5.32 Å². The molecule has 5 nitrogen and oxygen atoms in total. The molecule has 0 saturated carbocycles. The molecule has 3 heterocycles. The largest absolute Gasteiger partial charge is 0.467 e. The van der Waals surface area contributed by atoms with Crippen LogP contribution in [0.25, 0.3) is 0 Å². The Morgan fingerprint density at radius 1 is 1.52 bits per heavy atom. The van der Waals surface area contributed by atoms with E-state index in [9.17, 15) is 0 Å². The first-order valence-electron chi connectivity index (χ1n) is 7.20. The number of hydrogen-bond donors (Lipinski definition) is 1. The van der Waals surface area contributed by atoms with Gasteiger partial charge in [0.15, 0.2) is 4.34 Å². The van der Waals surface area contributed by atoms with Crippen LogP contribution >= 0.6 is 23.1 Å². The summed E-state index contributed by atoms with van der Waals surface area (Å²) in [5.74, 6) is 2.82. The van der Waals surface area contributed by atoms with E-state index in [2.05, 4.69) is 27.5 Å². The topological polar surface area (TPSA) is 54.2 Å². The second-order valence-corrected chi connectivity index (χ2v) is 7.63. The fourth-order valence-corrected chi connectivity index (χ4v) is 4.41. The van der Waals surface area contributed by atoms with Crippen molar-refractivity contribution in [2.75, 3.05) is 31.2 Å². The minimum absolute atomic E-state index is 0.652. The molecule has 1 aliphatic rings. The fraction of sp³-hybridized carbons (Fsp3) is 0.571. The van der Waals surface area contributed by atoms with Gasteiger partial charge in [-0.3, -0.25) is 0 Å². The van der Waals surface area contributed by atoms with Crippen molar-refractivity contribution in [1.82, 2.24) is 15.1 Å². The monoisotopic (exact) mass is 324 g/mol. The SMILES string of the molecule is CN1CCC[C@H](CSc2nnc(NCc3ccco3)s2)C1. The highest BCUT2D eigenvalue weighted by molar-refractivity contribution is 8.01. The number of thioether (sulfide) groups is 1. The van der Waals surface area contributed by atoms with Crippen molar-refractivity contribution in [1.29, 1.82) is 0 Å². The van der Waals surface area contributed by atoms with Crippen molar-refractivity contribution >= 4 is 28.2 Å². The third-order valence-corrected chi connectivity index (χ3v) is 5.81. The molecule has 2 aromatic rings. The molecule has 1 aliphatic heterocycles. The normalized spacial score (nSPS) is 19.8. The van der Waals surface area contributed by atoms with E-state index < -0.39 is 0 Å². The van der Waals surface area contributed by atoms with Crippen molar-refractivity contribution in [3.63, 3.8) is 0 Å². The number of likely N-dealkylation sites (tertiary alicyclic amines) is 1. The quantitative estimate of drug-likeness (QED) is 0.824. The molecule has 2 aromatic heterocycles. The third kappa shape index (κ3) is 4.46. The van der Waals surface area contributed by atoms with Gasteiger partial charge in [-0.05, 0) is 44.5 Å². The summed E-state index contributed by atoms with van der Waals surface area (Å²) < 4.78 is 6.33. The molecule has 21 heavy (non-hydrogen) atoms. The van der Waals surface area contributed by atoms with Crippen molar-refractivity contribution in [3.05, 3.63) is 24.2 Å². The van der Waals surface area contributed by atoms with Crippen LogP contribution in [0, 0.1) is 5.92 Å². The van der Waals surface area contributed by atoms with Crippen LogP contribution in [0.4, 0.5) is 5.13 Å². The smallest absolute Gasteiger partial charge is 0.206 e. The zero-order valence-electron chi connectivity index (χ0n) is 12.1. The lowest BCUT2D eigenvalue weighted by Crippen LogP contribution is -2.33. The summed E-state index contributed by atoms with van der Waals surface area (Å²) in [6, 6.07) is 3.84. The van der Waals surface area contributed by atoms with Gasteiger partial charge in [0.25, 0.3) is 0 Å². The lowest BCUT2D eigenvalue weighted by molar-refractivity contribution is 0.224. The van der Waals surface area contributed by atoms with E-state index in [0.717, 1.165) is 26.9 Å². The Morgan fingerprint density at radius 3 is 3.29 bits per heavy atom. The number of furan rings is 1. The summed E-state index contributed by atoms with van der Waals surface area (Å²) in [6.07, 6.45) is 4.33. The van der Waals surface area contributed by atoms with Crippen molar-refractivity contribution in [2.24, 2.45) is 5.92 Å². The average molecular weight is 324 g/mol. The molecule has 0 amide bonds. The summed E-state index contributed by atoms with van der Waals surface area (Å²) in [6.45, 7) is 3.09. The highest BCUT2D eigenvalue weighted by Gasteiger charge is 2.18. The van der Waals surface area contributed by atoms with E-state index >= 15 is 0 Å². The summed E-state index contributed by atoms with van der Waals surface area (Å²) in [7, 11) is 2.21. The Hall–Kier alpha value is -1.05. The van der Waals surface area contributed by atoms with Gasteiger partial charge in [0, 0.05) is 12.3 Å². The molecule has 0 unspecified atom stereocenters. The Morgan fingerprint density at radius 2 is 2.48 bits per heavy atom. The first-order valence-corrected chi connectivity index (χ1v) is 9.01. The van der Waals surface area contributed by atoms with Gasteiger partial charge in [0.05, 0.1) is 12.8 Å². The maximum Gasteiger partial charge on any atom is 0.206 e. The van der Waals surface area contributed by atoms with Gasteiger partial charge in [0.2, 0.25) is 5.13 Å². The van der Waals surface area contributed by atoms with E-state index in [0.29, 0.717) is 6.54 Å². The molecule has 1 fully saturated rings. The minimum atomic E-state index is 0.652. The summed E-state index contributed by atoms with van der Waals surface area (Å²) >= 11 is 3.45. The molecule has 3 rings (SSSR count). The van der Waals surface area contributed by atoms with Gasteiger partial charge in [-0.2, -0.15) is 0 Å². The van der Waals surface area contributed by atoms with Gasteiger partial charge in [-0.1, -0.05) is 23.1 Å². The van der Waals surface area contributed by atoms with Crippen LogP contribution in [0.1, 0.15) is 18.6 Å². The number of hydrogen-bond acceptors (Lipinski definition) is 7. The molecule has 0 aromatic carbocycles. The van der Waals surface area contributed by atoms with Crippen LogP contribution in [0.2, 0.25) is 0 Å². The van der Waals surface area contributed by atoms with Gasteiger partial charge < -0.3 is 14.6 Å². The fourth-order valence-electron chi connectivity index (χ4n) is 2.51. The third-order valence-electron chi connectivity index (χ3n) is 3.56. The highest BCUT2D eigenvalue weighted by atomic mass is 32.2. The van der Waals surface area contributed by atoms with E-state index in [4.69, 9.17) is 4.42 Å². The van der Waals surface area contributed by atoms with E-state index in [1.54, 1.807) is 17.6 Å². The van der Waals surface area contributed by atoms with E-state index in [1.807, 2.05) is 23.9 Å². The minimum Gasteiger partial charge on any atom is -0.467 e. The molecule has 7 heteroatoms. The number of nitrogens with one attached hydrogen (secondary N) is 1. The molecule has 0 spiro atoms. The maximum atomic E-state index is 5.28. The lowest BCUT2D eigenvalue weighted by atomic mass is 10.0. The number of nitrogens with zero attached hydrogens (tertiary/aromatic N) is 3. The first kappa shape index (κ1) is 14.9. The summed E-state index contributed by atoms with van der Waals surface area (Å²) in [5.41, 5.74) is 0. The molecule has 1 atom stereocenters. The standard InChI is InChI=1S/C14H20N4OS2/c1-18-6-2-4-11(9-18)10-20-14-17-16-13(21-14)15-8-12-5-3-7-19-12/h3,5,7,11H,2,4,6,8-10H2,1H3,(H,15,16)/t11-/m0/s1. The molecule has 0 aliphatic carbocycles. The first-order chi connectivity index (χ1) is 10.3. The van der Waals surface area contributed by atoms with Crippen molar-refractivity contribution < 1.29 is 4.42 Å². The van der Waals surface area contributed by atoms with Gasteiger partial charge in [0.1, 0.15) is 5.76 Å². The number of aromatic nitrogens is 2. The van der Waals surface area contributed by atoms with E-state index in [1.165, 1.54) is 25.9 Å². The van der Waals surface area contributed by atoms with Crippen LogP contribution in [-0.2, 0) is 6.54 Å². The lowest BCUT2D eigenvalue weighted by Gasteiger charge is -2.29. The predicted octanol–water partition coefficient (Wildman–Crippen LogP) is 3.18. The van der Waals surface area contributed by atoms with Crippen LogP contribution in [0.15, 0.2) is 27.2 Å². The summed E-state index contributed by atoms with van der Waals surface area (Å²) in [4.78, 5) is 2.42. The molecular weight excluding hydrogens is 304 g/mol. The molecule has 0 bridgehead atoms. The Labute approximate surface area is 133 Å². The zero-order valence-corrected chi connectivity index (χ0v) is 13.8. The molecular formula is C14H20N4OS2. The zero-order chi connectivity index (χ0) is 14.5. The second kappa shape index (κ2) is 7.29. The van der Waals surface area contributed by atoms with Gasteiger partial charge in [-0.15, -0.1) is 10.2 Å². The number of piperidine rings is 1. The summed E-state index contributed by atoms with van der Waals surface area (Å²) in [5, 5.41) is 12.5. The predicted molar refractivity (Wildman–Crippen MR) is 86.9 cm³/mol. The molecule has 1 saturated heterocycles. The van der Waals surface area contributed by atoms with Gasteiger partial charge >= 0.3 is 0 Å². The molecule has 114 valence electrons. The van der Waals surface area contributed by atoms with E-state index in [-0.39, 0.29) is 0 Å². The van der Waals surface area contributed by atoms with Gasteiger partial charge in [-0.25, -0.2) is 0 Å². The molecule has 0 radical (unpaired) electrons. The average Bonchev–Trinajstić information content (AvgIpc) is 3.15. The maximum absolute atomic E-state index is 5.28. The van der Waals surface area contributed by atoms with Crippen LogP contribution in [0.5, 0.6) is 0 Å². The highest BCUT2D eigenvalue weighted by Crippen LogP contribution is 2.29. The van der Waals surface area contributed by atoms with Crippen LogP contribution in [-0.4, -0.2) is 41.0 Å². The van der Waals surface area contributed by atoms with Crippen LogP contribution in [0.3, 0.4) is 0 Å².